The van der Waals surface area contributed by atoms with Crippen LogP contribution in [-0.2, 0) is 0 Å². The molecule has 1 aromatic carbocycles. The molecule has 0 amide bonds. The van der Waals surface area contributed by atoms with E-state index in [-0.39, 0.29) is 4.57 Å². The molecule has 9 heteroatoms. The van der Waals surface area contributed by atoms with Crippen molar-refractivity contribution in [2.24, 2.45) is 0 Å². The molecule has 2 aromatic rings. The van der Waals surface area contributed by atoms with Crippen molar-refractivity contribution in [3.8, 4) is 5.69 Å². The van der Waals surface area contributed by atoms with Gasteiger partial charge in [-0.1, -0.05) is 0 Å². The quantitative estimate of drug-likeness (QED) is 0.488. The first-order valence-electron chi connectivity index (χ1n) is 4.71. The molecule has 2 rings (SSSR count). The van der Waals surface area contributed by atoms with Gasteiger partial charge in [0.2, 0.25) is 5.82 Å². The van der Waals surface area contributed by atoms with Gasteiger partial charge in [-0.3, -0.25) is 0 Å². The summed E-state index contributed by atoms with van der Waals surface area (Å²) in [7, 11) is 0. The van der Waals surface area contributed by atoms with E-state index in [1.54, 1.807) is 0 Å². The largest absolute Gasteiger partial charge is 0.385 e. The molecule has 2 N–H and O–H groups in total. The lowest BCUT2D eigenvalue weighted by Gasteiger charge is -2.11. The van der Waals surface area contributed by atoms with E-state index in [1.807, 2.05) is 0 Å². The van der Waals surface area contributed by atoms with Crippen molar-refractivity contribution in [2.45, 2.75) is 0 Å². The number of nitrogen functional groups attached to an aromatic ring is 1. The fraction of sp³-hybridized carbons (Fsp3) is 0. The van der Waals surface area contributed by atoms with Crippen LogP contribution in [0, 0.1) is 29.1 Å². The SMILES string of the molecule is Nc1ccnc(=O)n1-c1c(F)c(F)c(F)c(F)c1F. The Morgan fingerprint density at radius 1 is 0.947 bits per heavy atom. The number of halogens is 5. The molecule has 0 radical (unpaired) electrons. The van der Waals surface area contributed by atoms with E-state index < -0.39 is 46.3 Å². The number of benzene rings is 1. The van der Waals surface area contributed by atoms with Crippen molar-refractivity contribution in [3.63, 3.8) is 0 Å². The molecule has 0 saturated carbocycles. The summed E-state index contributed by atoms with van der Waals surface area (Å²) in [5, 5.41) is 0. The first-order chi connectivity index (χ1) is 8.86. The molecule has 0 saturated heterocycles. The van der Waals surface area contributed by atoms with Crippen LogP contribution >= 0.6 is 0 Å². The fourth-order valence-electron chi connectivity index (χ4n) is 1.43. The van der Waals surface area contributed by atoms with Crippen molar-refractivity contribution in [1.29, 1.82) is 0 Å². The Bertz CT molecular complexity index is 699. The minimum absolute atomic E-state index is 0.0935. The van der Waals surface area contributed by atoms with Gasteiger partial charge in [0, 0.05) is 6.20 Å². The third-order valence-corrected chi connectivity index (χ3v) is 2.29. The molecule has 0 aliphatic carbocycles. The molecule has 19 heavy (non-hydrogen) atoms. The molecule has 0 aliphatic rings. The molecule has 0 unspecified atom stereocenters. The number of hydrogen-bond acceptors (Lipinski definition) is 3. The highest BCUT2D eigenvalue weighted by Crippen LogP contribution is 2.26. The molecule has 4 nitrogen and oxygen atoms in total. The average Bonchev–Trinajstić information content (AvgIpc) is 2.37. The highest BCUT2D eigenvalue weighted by atomic mass is 19.2. The van der Waals surface area contributed by atoms with Crippen LogP contribution in [0.15, 0.2) is 17.1 Å². The molecular weight excluding hydrogens is 273 g/mol. The van der Waals surface area contributed by atoms with Gasteiger partial charge < -0.3 is 5.73 Å². The summed E-state index contributed by atoms with van der Waals surface area (Å²) in [4.78, 5) is 14.5. The predicted octanol–water partition coefficient (Wildman–Crippen LogP) is 1.51. The molecule has 100 valence electrons. The summed E-state index contributed by atoms with van der Waals surface area (Å²) in [6, 6.07) is 0.972. The lowest BCUT2D eigenvalue weighted by molar-refractivity contribution is 0.375. The summed E-state index contributed by atoms with van der Waals surface area (Å²) in [5.74, 6) is -11.5. The lowest BCUT2D eigenvalue weighted by atomic mass is 10.2. The van der Waals surface area contributed by atoms with Gasteiger partial charge in [-0.05, 0) is 6.07 Å². The minimum Gasteiger partial charge on any atom is -0.385 e. The smallest absolute Gasteiger partial charge is 0.353 e. The van der Waals surface area contributed by atoms with Gasteiger partial charge in [-0.25, -0.2) is 36.3 Å². The molecule has 1 heterocycles. The highest BCUT2D eigenvalue weighted by Gasteiger charge is 2.28. The average molecular weight is 277 g/mol. The summed E-state index contributed by atoms with van der Waals surface area (Å²) < 4.78 is 65.9. The Morgan fingerprint density at radius 3 is 1.89 bits per heavy atom. The Labute approximate surface area is 101 Å². The molecule has 0 spiro atoms. The maximum atomic E-state index is 13.5. The Balaban J connectivity index is 2.96. The van der Waals surface area contributed by atoms with Crippen molar-refractivity contribution in [3.05, 3.63) is 51.8 Å². The molecule has 1 aromatic heterocycles. The molecule has 0 aliphatic heterocycles. The van der Waals surface area contributed by atoms with Crippen LogP contribution in [0.25, 0.3) is 5.69 Å². The number of anilines is 1. The van der Waals surface area contributed by atoms with Crippen LogP contribution in [0.2, 0.25) is 0 Å². The van der Waals surface area contributed by atoms with E-state index in [1.165, 1.54) is 0 Å². The maximum absolute atomic E-state index is 13.5. The number of hydrogen-bond donors (Lipinski definition) is 1. The van der Waals surface area contributed by atoms with Crippen LogP contribution in [0.5, 0.6) is 0 Å². The van der Waals surface area contributed by atoms with E-state index in [9.17, 15) is 26.7 Å². The standard InChI is InChI=1S/C10H4F5N3O/c11-4-5(12)7(14)9(8(15)6(4)13)18-3(16)1-2-17-10(18)19/h1-2H,16H2. The number of rotatable bonds is 1. The van der Waals surface area contributed by atoms with Crippen molar-refractivity contribution < 1.29 is 22.0 Å². The van der Waals surface area contributed by atoms with E-state index in [4.69, 9.17) is 5.73 Å². The maximum Gasteiger partial charge on any atom is 0.353 e. The fourth-order valence-corrected chi connectivity index (χ4v) is 1.43. The Kier molecular flexibility index (Phi) is 2.97. The lowest BCUT2D eigenvalue weighted by Crippen LogP contribution is -2.26. The normalized spacial score (nSPS) is 10.8. The zero-order chi connectivity index (χ0) is 14.3. The summed E-state index contributed by atoms with van der Waals surface area (Å²) in [5.41, 5.74) is 2.54. The Hall–Kier alpha value is -2.45. The van der Waals surface area contributed by atoms with E-state index >= 15 is 0 Å². The van der Waals surface area contributed by atoms with Crippen molar-refractivity contribution in [2.75, 3.05) is 5.73 Å². The number of aromatic nitrogens is 2. The second-order valence-electron chi connectivity index (χ2n) is 3.41. The Morgan fingerprint density at radius 2 is 1.42 bits per heavy atom. The second kappa shape index (κ2) is 4.34. The van der Waals surface area contributed by atoms with E-state index in [0.29, 0.717) is 0 Å². The van der Waals surface area contributed by atoms with Crippen molar-refractivity contribution >= 4 is 5.82 Å². The van der Waals surface area contributed by atoms with Crippen LogP contribution in [0.3, 0.4) is 0 Å². The van der Waals surface area contributed by atoms with Gasteiger partial charge >= 0.3 is 5.69 Å². The van der Waals surface area contributed by atoms with Crippen LogP contribution in [0.1, 0.15) is 0 Å². The predicted molar refractivity (Wildman–Crippen MR) is 54.0 cm³/mol. The molecular formula is C10H4F5N3O. The van der Waals surface area contributed by atoms with Gasteiger partial charge in [-0.15, -0.1) is 0 Å². The van der Waals surface area contributed by atoms with Gasteiger partial charge in [0.25, 0.3) is 0 Å². The van der Waals surface area contributed by atoms with Crippen LogP contribution in [0.4, 0.5) is 27.8 Å². The van der Waals surface area contributed by atoms with Gasteiger partial charge in [-0.2, -0.15) is 0 Å². The number of nitrogens with zero attached hydrogens (tertiary/aromatic N) is 2. The van der Waals surface area contributed by atoms with Crippen molar-refractivity contribution in [1.82, 2.24) is 9.55 Å². The zero-order valence-electron chi connectivity index (χ0n) is 8.92. The molecule has 0 bridgehead atoms. The third kappa shape index (κ3) is 1.83. The summed E-state index contributed by atoms with van der Waals surface area (Å²) in [6.07, 6.45) is 0.931. The van der Waals surface area contributed by atoms with Gasteiger partial charge in [0.15, 0.2) is 23.3 Å². The minimum atomic E-state index is -2.32. The van der Waals surface area contributed by atoms with E-state index in [0.717, 1.165) is 12.3 Å². The summed E-state index contributed by atoms with van der Waals surface area (Å²) in [6.45, 7) is 0. The summed E-state index contributed by atoms with van der Waals surface area (Å²) >= 11 is 0. The van der Waals surface area contributed by atoms with Crippen LogP contribution in [-0.4, -0.2) is 9.55 Å². The third-order valence-electron chi connectivity index (χ3n) is 2.29. The zero-order valence-corrected chi connectivity index (χ0v) is 8.92. The molecule has 0 atom stereocenters. The first-order valence-corrected chi connectivity index (χ1v) is 4.71. The monoisotopic (exact) mass is 277 g/mol. The van der Waals surface area contributed by atoms with Gasteiger partial charge in [0.05, 0.1) is 0 Å². The molecule has 0 fully saturated rings. The van der Waals surface area contributed by atoms with Crippen LogP contribution < -0.4 is 11.4 Å². The first kappa shape index (κ1) is 13.0. The topological polar surface area (TPSA) is 60.9 Å². The second-order valence-corrected chi connectivity index (χ2v) is 3.41. The highest BCUT2D eigenvalue weighted by molar-refractivity contribution is 5.44. The van der Waals surface area contributed by atoms with Gasteiger partial charge in [0.1, 0.15) is 11.5 Å². The number of nitrogens with two attached hydrogens (primary N) is 1. The van der Waals surface area contributed by atoms with E-state index in [2.05, 4.69) is 4.98 Å².